The van der Waals surface area contributed by atoms with Crippen LogP contribution in [-0.2, 0) is 5.41 Å². The number of hydrogen-bond donors (Lipinski definition) is 0. The van der Waals surface area contributed by atoms with Crippen LogP contribution in [0, 0.1) is 0 Å². The maximum absolute atomic E-state index is 2.50. The van der Waals surface area contributed by atoms with Crippen molar-refractivity contribution in [2.45, 2.75) is 5.41 Å². The van der Waals surface area contributed by atoms with Gasteiger partial charge in [-0.05, 0) is 104 Å². The number of benzene rings is 11. The number of para-hydroxylation sites is 2. The Morgan fingerprint density at radius 1 is 0.382 bits per heavy atom. The number of hydrogen-bond acceptors (Lipinski definition) is 2. The summed E-state index contributed by atoms with van der Waals surface area (Å²) in [6.07, 6.45) is 0. The van der Waals surface area contributed by atoms with Gasteiger partial charge in [-0.3, -0.25) is 0 Å². The Bertz CT molecular complexity index is 3990. The minimum atomic E-state index is -0.516. The predicted octanol–water partition coefficient (Wildman–Crippen LogP) is 17.8. The highest BCUT2D eigenvalue weighted by Gasteiger charge is 2.47. The first-order chi connectivity index (χ1) is 33.7. The van der Waals surface area contributed by atoms with Gasteiger partial charge in [-0.1, -0.05) is 200 Å². The third-order valence-corrected chi connectivity index (χ3v) is 15.7. The summed E-state index contributed by atoms with van der Waals surface area (Å²) in [5.41, 5.74) is 16.4. The van der Waals surface area contributed by atoms with Crippen molar-refractivity contribution in [1.29, 1.82) is 0 Å². The summed E-state index contributed by atoms with van der Waals surface area (Å²) in [6.45, 7) is 0. The number of anilines is 3. The van der Waals surface area contributed by atoms with Gasteiger partial charge in [-0.15, -0.1) is 11.3 Å². The van der Waals surface area contributed by atoms with Crippen molar-refractivity contribution in [1.82, 2.24) is 4.57 Å². The summed E-state index contributed by atoms with van der Waals surface area (Å²) in [5, 5.41) is 7.69. The molecular formula is C65H42N2S. The highest BCUT2D eigenvalue weighted by molar-refractivity contribution is 7.26. The van der Waals surface area contributed by atoms with E-state index in [2.05, 4.69) is 264 Å². The SMILES string of the molecule is c1ccc(C2(c3ccccc3)c3ccccc3-c3c(N(c4ccc(-c5cccc(-n6c7ccccc7c7ccccc76)c5)cc4)c4ccc5c(c4)sc4c6ccccc6ccc54)cccc32)cc1. The predicted molar refractivity (Wildman–Crippen MR) is 289 cm³/mol. The molecule has 2 aromatic heterocycles. The van der Waals surface area contributed by atoms with Gasteiger partial charge in [0.05, 0.1) is 22.1 Å². The van der Waals surface area contributed by atoms with Gasteiger partial charge in [0.1, 0.15) is 0 Å². The first-order valence-electron chi connectivity index (χ1n) is 23.4. The average Bonchev–Trinajstić information content (AvgIpc) is 4.06. The zero-order valence-corrected chi connectivity index (χ0v) is 37.9. The number of rotatable bonds is 7. The van der Waals surface area contributed by atoms with Crippen LogP contribution < -0.4 is 4.90 Å². The van der Waals surface area contributed by atoms with E-state index in [1.807, 2.05) is 11.3 Å². The van der Waals surface area contributed by atoms with Gasteiger partial charge in [-0.2, -0.15) is 0 Å². The molecule has 11 aromatic carbocycles. The molecule has 68 heavy (non-hydrogen) atoms. The average molecular weight is 883 g/mol. The van der Waals surface area contributed by atoms with E-state index in [-0.39, 0.29) is 0 Å². The van der Waals surface area contributed by atoms with Gasteiger partial charge in [0.25, 0.3) is 0 Å². The lowest BCUT2D eigenvalue weighted by Gasteiger charge is -2.34. The van der Waals surface area contributed by atoms with Crippen molar-refractivity contribution in [3.8, 4) is 27.9 Å². The van der Waals surface area contributed by atoms with Crippen molar-refractivity contribution in [2.75, 3.05) is 4.90 Å². The van der Waals surface area contributed by atoms with Crippen LogP contribution in [0.25, 0.3) is 80.7 Å². The minimum Gasteiger partial charge on any atom is -0.310 e. The second-order valence-corrected chi connectivity index (χ2v) is 19.0. The summed E-state index contributed by atoms with van der Waals surface area (Å²) < 4.78 is 5.00. The van der Waals surface area contributed by atoms with E-state index in [1.54, 1.807) is 0 Å². The molecule has 1 aliphatic carbocycles. The Kier molecular flexibility index (Phi) is 8.71. The van der Waals surface area contributed by atoms with E-state index in [0.29, 0.717) is 0 Å². The quantitative estimate of drug-likeness (QED) is 0.155. The smallest absolute Gasteiger partial charge is 0.0714 e. The van der Waals surface area contributed by atoms with Crippen LogP contribution in [0.2, 0.25) is 0 Å². The van der Waals surface area contributed by atoms with E-state index in [0.717, 1.165) is 22.7 Å². The van der Waals surface area contributed by atoms with Crippen LogP contribution in [0.5, 0.6) is 0 Å². The molecule has 0 fully saturated rings. The van der Waals surface area contributed by atoms with Gasteiger partial charge < -0.3 is 9.47 Å². The molecule has 2 nitrogen and oxygen atoms in total. The van der Waals surface area contributed by atoms with E-state index >= 15 is 0 Å². The molecule has 1 aliphatic rings. The number of thiophene rings is 1. The van der Waals surface area contributed by atoms with Gasteiger partial charge in [0.15, 0.2) is 0 Å². The van der Waals surface area contributed by atoms with Crippen molar-refractivity contribution in [2.24, 2.45) is 0 Å². The third-order valence-electron chi connectivity index (χ3n) is 14.4. The molecule has 0 amide bonds. The van der Waals surface area contributed by atoms with Gasteiger partial charge in [-0.25, -0.2) is 0 Å². The molecule has 0 unspecified atom stereocenters. The zero-order valence-electron chi connectivity index (χ0n) is 37.1. The zero-order chi connectivity index (χ0) is 44.8. The van der Waals surface area contributed by atoms with E-state index in [9.17, 15) is 0 Å². The lowest BCUT2D eigenvalue weighted by atomic mass is 9.68. The fourth-order valence-corrected chi connectivity index (χ4v) is 12.8. The molecule has 0 bridgehead atoms. The molecule has 0 atom stereocenters. The highest BCUT2D eigenvalue weighted by atomic mass is 32.1. The summed E-state index contributed by atoms with van der Waals surface area (Å²) in [4.78, 5) is 2.50. The van der Waals surface area contributed by atoms with Gasteiger partial charge in [0, 0.05) is 53.6 Å². The lowest BCUT2D eigenvalue weighted by molar-refractivity contribution is 0.768. The molecule has 0 radical (unpaired) electrons. The molecule has 0 N–H and O–H groups in total. The fourth-order valence-electron chi connectivity index (χ4n) is 11.5. The van der Waals surface area contributed by atoms with Crippen molar-refractivity contribution in [3.05, 3.63) is 277 Å². The van der Waals surface area contributed by atoms with E-state index in [1.165, 1.54) is 97.3 Å². The molecule has 3 heteroatoms. The van der Waals surface area contributed by atoms with Crippen LogP contribution in [0.3, 0.4) is 0 Å². The standard InChI is InChI=1S/C65H42N2S/c1-3-19-46(20-4-1)65(47-21-5-2-6-22-47)57-28-12-9-27-56(57)63-58(65)29-16-32-61(63)66(50-38-40-54-55-39-35-44-17-7-8-24-51(44)64(55)68-62(54)42-50)48-36-33-43(34-37-48)45-18-15-23-49(41-45)67-59-30-13-10-25-52(59)53-26-11-14-31-60(53)67/h1-42H. The van der Waals surface area contributed by atoms with Crippen LogP contribution >= 0.6 is 11.3 Å². The second-order valence-electron chi connectivity index (χ2n) is 18.0. The Labute approximate surface area is 398 Å². The molecule has 0 spiro atoms. The molecular weight excluding hydrogens is 841 g/mol. The van der Waals surface area contributed by atoms with Crippen LogP contribution in [-0.4, -0.2) is 4.57 Å². The van der Waals surface area contributed by atoms with E-state index in [4.69, 9.17) is 0 Å². The first-order valence-corrected chi connectivity index (χ1v) is 24.2. The molecule has 0 saturated heterocycles. The second kappa shape index (κ2) is 15.3. The molecule has 2 heterocycles. The summed E-state index contributed by atoms with van der Waals surface area (Å²) in [6, 6.07) is 94.3. The van der Waals surface area contributed by atoms with Crippen LogP contribution in [0.1, 0.15) is 22.3 Å². The maximum atomic E-state index is 2.50. The molecule has 0 saturated carbocycles. The third kappa shape index (κ3) is 5.70. The number of aromatic nitrogens is 1. The van der Waals surface area contributed by atoms with Crippen molar-refractivity contribution < 1.29 is 0 Å². The summed E-state index contributed by atoms with van der Waals surface area (Å²) in [7, 11) is 0. The summed E-state index contributed by atoms with van der Waals surface area (Å²) in [5.74, 6) is 0. The topological polar surface area (TPSA) is 8.17 Å². The Balaban J connectivity index is 0.973. The molecule has 0 aliphatic heterocycles. The molecule has 318 valence electrons. The Morgan fingerprint density at radius 3 is 1.74 bits per heavy atom. The number of fused-ring (bicyclic) bond motifs is 11. The van der Waals surface area contributed by atoms with Crippen LogP contribution in [0.4, 0.5) is 17.1 Å². The minimum absolute atomic E-state index is 0.516. The maximum Gasteiger partial charge on any atom is 0.0714 e. The van der Waals surface area contributed by atoms with Crippen molar-refractivity contribution >= 4 is 81.1 Å². The Morgan fingerprint density at radius 2 is 0.985 bits per heavy atom. The highest BCUT2D eigenvalue weighted by Crippen LogP contribution is 2.59. The van der Waals surface area contributed by atoms with Crippen LogP contribution in [0.15, 0.2) is 255 Å². The normalized spacial score (nSPS) is 12.8. The van der Waals surface area contributed by atoms with Gasteiger partial charge in [0.2, 0.25) is 0 Å². The van der Waals surface area contributed by atoms with E-state index < -0.39 is 5.41 Å². The molecule has 13 aromatic rings. The van der Waals surface area contributed by atoms with Gasteiger partial charge >= 0.3 is 0 Å². The fraction of sp³-hybridized carbons (Fsp3) is 0.0154. The Hall–Kier alpha value is -8.50. The monoisotopic (exact) mass is 882 g/mol. The van der Waals surface area contributed by atoms with Crippen molar-refractivity contribution in [3.63, 3.8) is 0 Å². The number of nitrogens with zero attached hydrogens (tertiary/aromatic N) is 2. The lowest BCUT2D eigenvalue weighted by Crippen LogP contribution is -2.28. The molecule has 14 rings (SSSR count). The largest absolute Gasteiger partial charge is 0.310 e. The summed E-state index contributed by atoms with van der Waals surface area (Å²) >= 11 is 1.89. The first kappa shape index (κ1) is 38.7.